The maximum Gasteiger partial charge on any atom is 0.168 e. The molecule has 0 saturated carbocycles. The second-order valence-electron chi connectivity index (χ2n) is 5.52. The Kier molecular flexibility index (Phi) is 8.61. The summed E-state index contributed by atoms with van der Waals surface area (Å²) in [5, 5.41) is 14.9. The van der Waals surface area contributed by atoms with Gasteiger partial charge in [0.05, 0.1) is 11.3 Å². The zero-order valence-corrected chi connectivity index (χ0v) is 15.0. The van der Waals surface area contributed by atoms with Crippen LogP contribution in [0.25, 0.3) is 0 Å². The van der Waals surface area contributed by atoms with Crippen LogP contribution in [0, 0.1) is 5.92 Å². The summed E-state index contributed by atoms with van der Waals surface area (Å²) in [6, 6.07) is 0. The molecule has 4 nitrogen and oxygen atoms in total. The molecule has 0 aromatic rings. The van der Waals surface area contributed by atoms with Gasteiger partial charge in [0.1, 0.15) is 12.4 Å². The second-order valence-corrected chi connectivity index (χ2v) is 7.04. The number of ketones is 1. The summed E-state index contributed by atoms with van der Waals surface area (Å²) in [7, 11) is 0. The average molecular weight is 327 g/mol. The first kappa shape index (κ1) is 19.1. The van der Waals surface area contributed by atoms with Gasteiger partial charge in [-0.1, -0.05) is 32.3 Å². The van der Waals surface area contributed by atoms with Gasteiger partial charge in [-0.2, -0.15) is 11.8 Å². The van der Waals surface area contributed by atoms with Crippen LogP contribution in [0.3, 0.4) is 0 Å². The highest BCUT2D eigenvalue weighted by atomic mass is 32.2. The lowest BCUT2D eigenvalue weighted by molar-refractivity contribution is -0.116. The molecule has 1 unspecified atom stereocenters. The average Bonchev–Trinajstić information content (AvgIpc) is 2.49. The minimum absolute atomic E-state index is 0.0100. The highest BCUT2D eigenvalue weighted by Gasteiger charge is 2.34. The Labute approximate surface area is 138 Å². The molecule has 0 radical (unpaired) electrons. The molecule has 0 amide bonds. The topological polar surface area (TPSA) is 58.9 Å². The third-order valence-electron chi connectivity index (χ3n) is 3.86. The Hall–Kier alpha value is -0.970. The minimum Gasteiger partial charge on any atom is -0.511 e. The Morgan fingerprint density at radius 2 is 2.09 bits per heavy atom. The minimum atomic E-state index is 0.0100. The van der Waals surface area contributed by atoms with Crippen molar-refractivity contribution in [3.05, 3.63) is 11.3 Å². The van der Waals surface area contributed by atoms with E-state index in [9.17, 15) is 9.90 Å². The Balaban J connectivity index is 2.98. The van der Waals surface area contributed by atoms with Crippen molar-refractivity contribution in [1.29, 1.82) is 0 Å². The smallest absolute Gasteiger partial charge is 0.168 e. The van der Waals surface area contributed by atoms with E-state index in [-0.39, 0.29) is 17.5 Å². The van der Waals surface area contributed by atoms with Gasteiger partial charge in [0.15, 0.2) is 5.78 Å². The maximum absolute atomic E-state index is 12.6. The first-order chi connectivity index (χ1) is 10.6. The molecule has 22 heavy (non-hydrogen) atoms. The van der Waals surface area contributed by atoms with Crippen LogP contribution < -0.4 is 0 Å². The van der Waals surface area contributed by atoms with Gasteiger partial charge < -0.3 is 9.94 Å². The number of hydrogen-bond acceptors (Lipinski definition) is 5. The molecular formula is C17H29NO3S. The van der Waals surface area contributed by atoms with Gasteiger partial charge in [-0.3, -0.25) is 4.79 Å². The molecule has 2 atom stereocenters. The van der Waals surface area contributed by atoms with E-state index in [0.29, 0.717) is 42.4 Å². The fraction of sp³-hybridized carbons (Fsp3) is 0.765. The van der Waals surface area contributed by atoms with Crippen LogP contribution in [0.2, 0.25) is 0 Å². The first-order valence-electron chi connectivity index (χ1n) is 8.34. The lowest BCUT2D eigenvalue weighted by Crippen LogP contribution is -2.30. The van der Waals surface area contributed by atoms with E-state index in [2.05, 4.69) is 19.0 Å². The van der Waals surface area contributed by atoms with Crippen LogP contribution in [0.5, 0.6) is 0 Å². The zero-order valence-electron chi connectivity index (χ0n) is 14.2. The standard InChI is InChI=1S/C17H29NO3S/c1-5-9-13(18-21-7-3)17-14(19)10-12(11-15(17)20)16(6-2)22-8-4/h12,16,19H,5-11H2,1-4H3/b18-13+/t12?,16-/m0/s1. The number of carbonyl (C=O) groups excluding carboxylic acids is 1. The molecule has 0 aromatic heterocycles. The Bertz CT molecular complexity index is 432. The number of Topliss-reactive ketones (excluding diaryl/α,β-unsaturated/α-hetero) is 1. The zero-order chi connectivity index (χ0) is 16.5. The number of nitrogens with zero attached hydrogens (tertiary/aromatic N) is 1. The third-order valence-corrected chi connectivity index (χ3v) is 5.34. The van der Waals surface area contributed by atoms with Crippen molar-refractivity contribution in [1.82, 2.24) is 0 Å². The van der Waals surface area contributed by atoms with Gasteiger partial charge >= 0.3 is 0 Å². The lowest BCUT2D eigenvalue weighted by Gasteiger charge is -2.29. The molecule has 0 fully saturated rings. The van der Waals surface area contributed by atoms with Crippen molar-refractivity contribution in [3.63, 3.8) is 0 Å². The predicted molar refractivity (Wildman–Crippen MR) is 93.6 cm³/mol. The third kappa shape index (κ3) is 5.04. The number of carbonyl (C=O) groups is 1. The van der Waals surface area contributed by atoms with Gasteiger partial charge in [0.2, 0.25) is 0 Å². The highest BCUT2D eigenvalue weighted by Crippen LogP contribution is 2.35. The van der Waals surface area contributed by atoms with Crippen molar-refractivity contribution >= 4 is 23.3 Å². The number of aliphatic hydroxyl groups is 1. The summed E-state index contributed by atoms with van der Waals surface area (Å²) in [6.07, 6.45) is 3.61. The Morgan fingerprint density at radius 1 is 1.36 bits per heavy atom. The molecule has 5 heteroatoms. The predicted octanol–water partition coefficient (Wildman–Crippen LogP) is 4.50. The molecule has 0 spiro atoms. The summed E-state index contributed by atoms with van der Waals surface area (Å²) in [5.41, 5.74) is 1.00. The number of oxime groups is 1. The van der Waals surface area contributed by atoms with E-state index in [0.717, 1.165) is 18.6 Å². The van der Waals surface area contributed by atoms with E-state index >= 15 is 0 Å². The fourth-order valence-corrected chi connectivity index (χ4v) is 4.04. The van der Waals surface area contributed by atoms with Crippen LogP contribution in [-0.4, -0.2) is 34.2 Å². The van der Waals surface area contributed by atoms with Gasteiger partial charge in [0, 0.05) is 18.1 Å². The van der Waals surface area contributed by atoms with Crippen LogP contribution in [0.1, 0.15) is 59.8 Å². The molecule has 0 saturated heterocycles. The number of thioether (sulfide) groups is 1. The normalized spacial score (nSPS) is 21.2. The molecule has 1 rings (SSSR count). The molecule has 1 N–H and O–H groups in total. The van der Waals surface area contributed by atoms with Crippen LogP contribution >= 0.6 is 11.8 Å². The first-order valence-corrected chi connectivity index (χ1v) is 9.39. The number of aliphatic hydroxyl groups excluding tert-OH is 1. The van der Waals surface area contributed by atoms with E-state index < -0.39 is 0 Å². The van der Waals surface area contributed by atoms with Gasteiger partial charge in [-0.15, -0.1) is 0 Å². The van der Waals surface area contributed by atoms with E-state index in [4.69, 9.17) is 4.84 Å². The van der Waals surface area contributed by atoms with Crippen molar-refractivity contribution in [2.45, 2.75) is 65.0 Å². The number of rotatable bonds is 9. The second kappa shape index (κ2) is 9.93. The highest BCUT2D eigenvalue weighted by molar-refractivity contribution is 7.99. The molecule has 1 aliphatic carbocycles. The van der Waals surface area contributed by atoms with Crippen LogP contribution in [-0.2, 0) is 9.63 Å². The van der Waals surface area contributed by atoms with E-state index in [1.807, 2.05) is 25.6 Å². The van der Waals surface area contributed by atoms with Crippen molar-refractivity contribution in [2.75, 3.05) is 12.4 Å². The molecule has 1 aliphatic rings. The molecule has 0 heterocycles. The summed E-state index contributed by atoms with van der Waals surface area (Å²) in [5.74, 6) is 1.47. The molecular weight excluding hydrogens is 298 g/mol. The number of allylic oxidation sites excluding steroid dienone is 2. The van der Waals surface area contributed by atoms with E-state index in [1.54, 1.807) is 0 Å². The van der Waals surface area contributed by atoms with Crippen LogP contribution in [0.15, 0.2) is 16.5 Å². The largest absolute Gasteiger partial charge is 0.511 e. The summed E-state index contributed by atoms with van der Waals surface area (Å²) >= 11 is 1.88. The number of hydrogen-bond donors (Lipinski definition) is 1. The monoisotopic (exact) mass is 327 g/mol. The van der Waals surface area contributed by atoms with Crippen molar-refractivity contribution in [3.8, 4) is 0 Å². The van der Waals surface area contributed by atoms with Crippen LogP contribution in [0.4, 0.5) is 0 Å². The van der Waals surface area contributed by atoms with Crippen molar-refractivity contribution < 1.29 is 14.7 Å². The molecule has 0 bridgehead atoms. The molecule has 0 aromatic carbocycles. The van der Waals surface area contributed by atoms with Gasteiger partial charge in [-0.05, 0) is 31.4 Å². The van der Waals surface area contributed by atoms with E-state index in [1.165, 1.54) is 0 Å². The quantitative estimate of drug-likeness (QED) is 0.500. The van der Waals surface area contributed by atoms with Gasteiger partial charge in [0.25, 0.3) is 0 Å². The Morgan fingerprint density at radius 3 is 2.59 bits per heavy atom. The van der Waals surface area contributed by atoms with Crippen molar-refractivity contribution in [2.24, 2.45) is 11.1 Å². The lowest BCUT2D eigenvalue weighted by atomic mass is 9.82. The molecule has 126 valence electrons. The molecule has 0 aliphatic heterocycles. The summed E-state index contributed by atoms with van der Waals surface area (Å²) in [4.78, 5) is 17.7. The summed E-state index contributed by atoms with van der Waals surface area (Å²) < 4.78 is 0. The SMILES string of the molecule is CCC/C(=N\OCC)C1=C(O)CC([C@H](CC)SCC)CC1=O. The summed E-state index contributed by atoms with van der Waals surface area (Å²) in [6.45, 7) is 8.62. The van der Waals surface area contributed by atoms with Gasteiger partial charge in [-0.25, -0.2) is 0 Å². The fourth-order valence-electron chi connectivity index (χ4n) is 2.91. The maximum atomic E-state index is 12.6.